The molecule has 0 N–H and O–H groups in total. The second-order valence-electron chi connectivity index (χ2n) is 16.0. The molecule has 0 spiro atoms. The SMILES string of the molecule is CC/C=C\C/C=C\C/C=C\C/C=C\C/C=C\CCCCCCCC(=O)OCC(COC(=O)CCCCCCCCCCC)OC(=O)CCCCCCCCCCCC. The van der Waals surface area contributed by atoms with Gasteiger partial charge in [0, 0.05) is 19.3 Å². The molecule has 0 aromatic heterocycles. The van der Waals surface area contributed by atoms with Gasteiger partial charge in [0.25, 0.3) is 0 Å². The first-order valence-electron chi connectivity index (χ1n) is 24.3. The van der Waals surface area contributed by atoms with Gasteiger partial charge < -0.3 is 14.2 Å². The molecule has 1 atom stereocenters. The van der Waals surface area contributed by atoms with Gasteiger partial charge in [-0.3, -0.25) is 14.4 Å². The van der Waals surface area contributed by atoms with Crippen LogP contribution in [0.5, 0.6) is 0 Å². The Kier molecular flexibility index (Phi) is 44.5. The first-order valence-corrected chi connectivity index (χ1v) is 24.3. The monoisotopic (exact) mass is 811 g/mol. The summed E-state index contributed by atoms with van der Waals surface area (Å²) in [6.07, 6.45) is 56.4. The fraction of sp³-hybridized carbons (Fsp3) is 0.750. The Morgan fingerprint density at radius 3 is 1.05 bits per heavy atom. The zero-order valence-electron chi connectivity index (χ0n) is 38.0. The Balaban J connectivity index is 4.30. The predicted octanol–water partition coefficient (Wildman–Crippen LogP) is 15.7. The lowest BCUT2D eigenvalue weighted by Gasteiger charge is -2.18. The standard InChI is InChI=1S/C52H90O6/c1-4-7-10-13-16-19-21-22-23-24-25-26-27-28-29-30-31-34-36-39-42-45-51(54)57-48-49(47-56-50(53)44-41-38-35-32-18-15-12-9-6-3)58-52(55)46-43-40-37-33-20-17-14-11-8-5-2/h7,10,16,19,22-23,25-26,28-29,49H,4-6,8-9,11-15,17-18,20-21,24,27,30-48H2,1-3H3/b10-7-,19-16-,23-22-,26-25-,29-28-. The average Bonchev–Trinajstić information content (AvgIpc) is 3.22. The van der Waals surface area contributed by atoms with E-state index in [4.69, 9.17) is 14.2 Å². The third kappa shape index (κ3) is 44.2. The van der Waals surface area contributed by atoms with E-state index in [1.807, 2.05) is 0 Å². The summed E-state index contributed by atoms with van der Waals surface area (Å²) in [5.41, 5.74) is 0. The van der Waals surface area contributed by atoms with Crippen LogP contribution in [0.4, 0.5) is 0 Å². The zero-order chi connectivity index (χ0) is 42.3. The fourth-order valence-corrected chi connectivity index (χ4v) is 6.64. The Hall–Kier alpha value is -2.89. The zero-order valence-corrected chi connectivity index (χ0v) is 38.0. The van der Waals surface area contributed by atoms with E-state index < -0.39 is 6.10 Å². The maximum Gasteiger partial charge on any atom is 0.306 e. The van der Waals surface area contributed by atoms with Crippen LogP contribution in [0.15, 0.2) is 60.8 Å². The molecule has 0 aliphatic heterocycles. The molecule has 1 unspecified atom stereocenters. The molecule has 0 saturated heterocycles. The molecule has 0 heterocycles. The third-order valence-electron chi connectivity index (χ3n) is 10.3. The van der Waals surface area contributed by atoms with Crippen molar-refractivity contribution < 1.29 is 28.6 Å². The van der Waals surface area contributed by atoms with E-state index in [0.29, 0.717) is 19.3 Å². The molecule has 0 amide bonds. The number of esters is 3. The minimum Gasteiger partial charge on any atom is -0.462 e. The highest BCUT2D eigenvalue weighted by molar-refractivity contribution is 5.71. The van der Waals surface area contributed by atoms with Crippen LogP contribution in [0.1, 0.15) is 233 Å². The number of ether oxygens (including phenoxy) is 3. The molecular formula is C52H90O6. The van der Waals surface area contributed by atoms with Crippen LogP contribution >= 0.6 is 0 Å². The van der Waals surface area contributed by atoms with E-state index in [1.54, 1.807) is 0 Å². The molecule has 0 fully saturated rings. The molecule has 0 saturated carbocycles. The number of carbonyl (C=O) groups is 3. The highest BCUT2D eigenvalue weighted by atomic mass is 16.6. The van der Waals surface area contributed by atoms with E-state index in [-0.39, 0.29) is 31.1 Å². The summed E-state index contributed by atoms with van der Waals surface area (Å²) in [6, 6.07) is 0. The van der Waals surface area contributed by atoms with Crippen molar-refractivity contribution in [2.45, 2.75) is 239 Å². The summed E-state index contributed by atoms with van der Waals surface area (Å²) in [5, 5.41) is 0. The molecule has 334 valence electrons. The molecule has 0 radical (unpaired) electrons. The molecule has 0 aromatic carbocycles. The molecule has 6 heteroatoms. The minimum absolute atomic E-state index is 0.0782. The van der Waals surface area contributed by atoms with Gasteiger partial charge in [-0.2, -0.15) is 0 Å². The van der Waals surface area contributed by atoms with Crippen LogP contribution in [-0.4, -0.2) is 37.2 Å². The second kappa shape index (κ2) is 46.8. The summed E-state index contributed by atoms with van der Waals surface area (Å²) >= 11 is 0. The van der Waals surface area contributed by atoms with E-state index >= 15 is 0 Å². The highest BCUT2D eigenvalue weighted by Gasteiger charge is 2.19. The van der Waals surface area contributed by atoms with Crippen molar-refractivity contribution in [1.29, 1.82) is 0 Å². The van der Waals surface area contributed by atoms with Crippen LogP contribution in [0.25, 0.3) is 0 Å². The quantitative estimate of drug-likeness (QED) is 0.0264. The Morgan fingerprint density at radius 1 is 0.362 bits per heavy atom. The van der Waals surface area contributed by atoms with Crippen molar-refractivity contribution >= 4 is 17.9 Å². The first kappa shape index (κ1) is 55.1. The molecule has 0 aliphatic rings. The van der Waals surface area contributed by atoms with Gasteiger partial charge in [-0.05, 0) is 64.2 Å². The van der Waals surface area contributed by atoms with Crippen LogP contribution in [0.3, 0.4) is 0 Å². The average molecular weight is 811 g/mol. The van der Waals surface area contributed by atoms with Crippen molar-refractivity contribution in [3.63, 3.8) is 0 Å². The van der Waals surface area contributed by atoms with Crippen LogP contribution in [-0.2, 0) is 28.6 Å². The van der Waals surface area contributed by atoms with Gasteiger partial charge >= 0.3 is 17.9 Å². The summed E-state index contributed by atoms with van der Waals surface area (Å²) in [7, 11) is 0. The Morgan fingerprint density at radius 2 is 0.672 bits per heavy atom. The fourth-order valence-electron chi connectivity index (χ4n) is 6.64. The van der Waals surface area contributed by atoms with Crippen molar-refractivity contribution in [2.75, 3.05) is 13.2 Å². The number of hydrogen-bond acceptors (Lipinski definition) is 6. The van der Waals surface area contributed by atoms with Gasteiger partial charge in [-0.15, -0.1) is 0 Å². The number of rotatable bonds is 43. The largest absolute Gasteiger partial charge is 0.462 e. The van der Waals surface area contributed by atoms with Gasteiger partial charge in [-0.1, -0.05) is 210 Å². The van der Waals surface area contributed by atoms with Crippen molar-refractivity contribution in [3.8, 4) is 0 Å². The summed E-state index contributed by atoms with van der Waals surface area (Å²) in [6.45, 7) is 6.47. The predicted molar refractivity (Wildman–Crippen MR) is 247 cm³/mol. The van der Waals surface area contributed by atoms with E-state index in [9.17, 15) is 14.4 Å². The molecular weight excluding hydrogens is 721 g/mol. The molecule has 58 heavy (non-hydrogen) atoms. The van der Waals surface area contributed by atoms with E-state index in [0.717, 1.165) is 109 Å². The minimum atomic E-state index is -0.775. The van der Waals surface area contributed by atoms with Gasteiger partial charge in [0.15, 0.2) is 6.10 Å². The lowest BCUT2D eigenvalue weighted by Crippen LogP contribution is -2.30. The van der Waals surface area contributed by atoms with Gasteiger partial charge in [0.05, 0.1) is 0 Å². The van der Waals surface area contributed by atoms with Gasteiger partial charge in [-0.25, -0.2) is 0 Å². The third-order valence-corrected chi connectivity index (χ3v) is 10.3. The number of carbonyl (C=O) groups excluding carboxylic acids is 3. The van der Waals surface area contributed by atoms with Crippen molar-refractivity contribution in [1.82, 2.24) is 0 Å². The number of hydrogen-bond donors (Lipinski definition) is 0. The van der Waals surface area contributed by atoms with Crippen molar-refractivity contribution in [2.24, 2.45) is 0 Å². The Labute approximate surface area is 358 Å². The smallest absolute Gasteiger partial charge is 0.306 e. The van der Waals surface area contributed by atoms with Crippen LogP contribution in [0, 0.1) is 0 Å². The normalized spacial score (nSPS) is 12.5. The van der Waals surface area contributed by atoms with Gasteiger partial charge in [0.2, 0.25) is 0 Å². The molecule has 0 aliphatic carbocycles. The molecule has 0 bridgehead atoms. The lowest BCUT2D eigenvalue weighted by atomic mass is 10.1. The molecule has 0 rings (SSSR count). The van der Waals surface area contributed by atoms with Crippen molar-refractivity contribution in [3.05, 3.63) is 60.8 Å². The maximum atomic E-state index is 12.7. The van der Waals surface area contributed by atoms with Crippen LogP contribution in [0.2, 0.25) is 0 Å². The van der Waals surface area contributed by atoms with E-state index in [2.05, 4.69) is 81.5 Å². The Bertz CT molecular complexity index is 1070. The van der Waals surface area contributed by atoms with Gasteiger partial charge in [0.1, 0.15) is 13.2 Å². The molecule has 6 nitrogen and oxygen atoms in total. The molecule has 0 aromatic rings. The summed E-state index contributed by atoms with van der Waals surface area (Å²) in [5.74, 6) is -0.901. The maximum absolute atomic E-state index is 12.7. The summed E-state index contributed by atoms with van der Waals surface area (Å²) in [4.78, 5) is 37.7. The number of unbranched alkanes of at least 4 members (excludes halogenated alkanes) is 22. The highest BCUT2D eigenvalue weighted by Crippen LogP contribution is 2.14. The number of allylic oxidation sites excluding steroid dienone is 10. The first-order chi connectivity index (χ1) is 28.5. The second-order valence-corrected chi connectivity index (χ2v) is 16.0. The van der Waals surface area contributed by atoms with E-state index in [1.165, 1.54) is 83.5 Å². The topological polar surface area (TPSA) is 78.9 Å². The lowest BCUT2D eigenvalue weighted by molar-refractivity contribution is -0.167. The van der Waals surface area contributed by atoms with Crippen LogP contribution < -0.4 is 0 Å². The summed E-state index contributed by atoms with van der Waals surface area (Å²) < 4.78 is 16.7.